The molecule has 0 aliphatic rings. The largest absolute Gasteiger partial charge is 0.504 e. The van der Waals surface area contributed by atoms with E-state index in [1.54, 1.807) is 0 Å². The van der Waals surface area contributed by atoms with E-state index in [-0.39, 0.29) is 21.4 Å². The highest BCUT2D eigenvalue weighted by atomic mass is 35.5. The van der Waals surface area contributed by atoms with Crippen molar-refractivity contribution in [3.63, 3.8) is 0 Å². The van der Waals surface area contributed by atoms with Crippen LogP contribution < -0.4 is 5.73 Å². The lowest BCUT2D eigenvalue weighted by molar-refractivity contribution is 0.479. The molecule has 0 saturated heterocycles. The summed E-state index contributed by atoms with van der Waals surface area (Å²) in [6, 6.07) is 1.24. The van der Waals surface area contributed by atoms with E-state index in [0.29, 0.717) is 0 Å². The van der Waals surface area contributed by atoms with E-state index in [0.717, 1.165) is 0 Å². The molecule has 0 heterocycles. The number of nitrogens with two attached hydrogens (primary N) is 1. The van der Waals surface area contributed by atoms with Crippen molar-refractivity contribution in [2.24, 2.45) is 5.18 Å². The molecule has 3 N–H and O–H groups in total. The van der Waals surface area contributed by atoms with Crippen LogP contribution in [0.4, 0.5) is 11.4 Å². The number of benzene rings is 1. The van der Waals surface area contributed by atoms with Crippen molar-refractivity contribution in [2.45, 2.75) is 0 Å². The number of aromatic hydroxyl groups is 1. The van der Waals surface area contributed by atoms with Gasteiger partial charge < -0.3 is 10.8 Å². The predicted molar refractivity (Wildman–Crippen MR) is 48.0 cm³/mol. The first kappa shape index (κ1) is 9.09. The minimum Gasteiger partial charge on any atom is -0.504 e. The molecule has 0 aliphatic carbocycles. The fourth-order valence-electron chi connectivity index (χ4n) is 0.698. The molecule has 0 fully saturated rings. The highest BCUT2D eigenvalue weighted by Gasteiger charge is 2.13. The molecule has 4 nitrogen and oxygen atoms in total. The van der Waals surface area contributed by atoms with E-state index < -0.39 is 5.75 Å². The number of anilines is 1. The number of hydrogen-bond acceptors (Lipinski definition) is 4. The summed E-state index contributed by atoms with van der Waals surface area (Å²) >= 11 is 11.0. The van der Waals surface area contributed by atoms with Gasteiger partial charge in [0.1, 0.15) is 0 Å². The molecule has 0 radical (unpaired) electrons. The van der Waals surface area contributed by atoms with E-state index in [1.807, 2.05) is 0 Å². The Balaban J connectivity index is 3.51. The number of phenolic OH excluding ortho intramolecular Hbond substituents is 1. The standard InChI is InChI=1S/C6H4Cl2N2O2/c7-2-1-3(8)5(10-12)6(11)4(2)9/h1,11H,9H2. The van der Waals surface area contributed by atoms with Gasteiger partial charge in [0.15, 0.2) is 11.4 Å². The lowest BCUT2D eigenvalue weighted by Crippen LogP contribution is -1.87. The van der Waals surface area contributed by atoms with Gasteiger partial charge >= 0.3 is 0 Å². The van der Waals surface area contributed by atoms with E-state index >= 15 is 0 Å². The normalized spacial score (nSPS) is 9.83. The fraction of sp³-hybridized carbons (Fsp3) is 0. The van der Waals surface area contributed by atoms with Gasteiger partial charge in [-0.1, -0.05) is 23.2 Å². The zero-order valence-corrected chi connectivity index (χ0v) is 7.23. The Hall–Kier alpha value is -1.00. The average Bonchev–Trinajstić information content (AvgIpc) is 2.01. The average molecular weight is 207 g/mol. The van der Waals surface area contributed by atoms with Crippen molar-refractivity contribution in [2.75, 3.05) is 5.73 Å². The van der Waals surface area contributed by atoms with E-state index in [2.05, 4.69) is 5.18 Å². The summed E-state index contributed by atoms with van der Waals surface area (Å²) in [5.74, 6) is -0.484. The Bertz CT molecular complexity index is 341. The van der Waals surface area contributed by atoms with Crippen LogP contribution in [-0.4, -0.2) is 5.11 Å². The van der Waals surface area contributed by atoms with Crippen molar-refractivity contribution in [1.29, 1.82) is 0 Å². The van der Waals surface area contributed by atoms with Gasteiger partial charge in [-0.15, -0.1) is 4.91 Å². The lowest BCUT2D eigenvalue weighted by atomic mass is 10.2. The number of nitrogen functional groups attached to an aromatic ring is 1. The van der Waals surface area contributed by atoms with Crippen LogP contribution in [0.15, 0.2) is 11.2 Å². The Kier molecular flexibility index (Phi) is 2.40. The third-order valence-electron chi connectivity index (χ3n) is 1.31. The minimum absolute atomic E-state index is 0.0262. The maximum absolute atomic E-state index is 10.1. The summed E-state index contributed by atoms with van der Waals surface area (Å²) in [7, 11) is 0. The molecule has 0 amide bonds. The maximum atomic E-state index is 10.1. The molecule has 1 aromatic rings. The number of hydrogen-bond donors (Lipinski definition) is 2. The van der Waals surface area contributed by atoms with Gasteiger partial charge in [0.25, 0.3) is 0 Å². The summed E-state index contributed by atoms with van der Waals surface area (Å²) in [6.07, 6.45) is 0. The molecule has 12 heavy (non-hydrogen) atoms. The smallest absolute Gasteiger partial charge is 0.171 e. The Morgan fingerprint density at radius 1 is 1.42 bits per heavy atom. The molecular formula is C6H4Cl2N2O2. The number of halogens is 2. The van der Waals surface area contributed by atoms with Crippen molar-refractivity contribution in [3.05, 3.63) is 21.0 Å². The number of phenols is 1. The summed E-state index contributed by atoms with van der Waals surface area (Å²) in [5.41, 5.74) is 4.89. The van der Waals surface area contributed by atoms with Crippen LogP contribution in [0.2, 0.25) is 10.0 Å². The van der Waals surface area contributed by atoms with Crippen LogP contribution in [0, 0.1) is 4.91 Å². The molecule has 0 saturated carbocycles. The monoisotopic (exact) mass is 206 g/mol. The Morgan fingerprint density at radius 2 is 2.00 bits per heavy atom. The second kappa shape index (κ2) is 3.16. The molecule has 0 aromatic heterocycles. The zero-order chi connectivity index (χ0) is 9.30. The quantitative estimate of drug-likeness (QED) is 0.422. The molecule has 0 bridgehead atoms. The van der Waals surface area contributed by atoms with Gasteiger partial charge in [-0.2, -0.15) is 0 Å². The van der Waals surface area contributed by atoms with Gasteiger partial charge in [-0.25, -0.2) is 0 Å². The summed E-state index contributed by atoms with van der Waals surface area (Å²) < 4.78 is 0. The molecule has 0 aliphatic heterocycles. The second-order valence-electron chi connectivity index (χ2n) is 2.04. The van der Waals surface area contributed by atoms with Gasteiger partial charge in [0.2, 0.25) is 0 Å². The molecule has 6 heteroatoms. The number of nitrogens with zero attached hydrogens (tertiary/aromatic N) is 1. The fourth-order valence-corrected chi connectivity index (χ4v) is 1.19. The molecule has 0 atom stereocenters. The summed E-state index contributed by atoms with van der Waals surface area (Å²) in [6.45, 7) is 0. The topological polar surface area (TPSA) is 75.7 Å². The van der Waals surface area contributed by atoms with Crippen LogP contribution in [-0.2, 0) is 0 Å². The molecule has 1 rings (SSSR count). The van der Waals surface area contributed by atoms with Crippen LogP contribution in [0.1, 0.15) is 0 Å². The maximum Gasteiger partial charge on any atom is 0.171 e. The van der Waals surface area contributed by atoms with Crippen molar-refractivity contribution in [1.82, 2.24) is 0 Å². The molecule has 0 spiro atoms. The highest BCUT2D eigenvalue weighted by Crippen LogP contribution is 2.42. The SMILES string of the molecule is Nc1c(Cl)cc(Cl)c(N=O)c1O. The minimum atomic E-state index is -0.484. The Morgan fingerprint density at radius 3 is 2.50 bits per heavy atom. The second-order valence-corrected chi connectivity index (χ2v) is 2.86. The first-order valence-corrected chi connectivity index (χ1v) is 3.63. The van der Waals surface area contributed by atoms with Gasteiger partial charge in [-0.3, -0.25) is 0 Å². The first-order chi connectivity index (χ1) is 5.57. The number of nitroso groups, excluding NO2 is 1. The van der Waals surface area contributed by atoms with E-state index in [4.69, 9.17) is 28.9 Å². The summed E-state index contributed by atoms with van der Waals surface area (Å²) in [5, 5.41) is 11.7. The van der Waals surface area contributed by atoms with E-state index in [9.17, 15) is 10.0 Å². The van der Waals surface area contributed by atoms with Crippen LogP contribution in [0.3, 0.4) is 0 Å². The van der Waals surface area contributed by atoms with Crippen LogP contribution in [0.5, 0.6) is 5.75 Å². The van der Waals surface area contributed by atoms with Crippen LogP contribution in [0.25, 0.3) is 0 Å². The van der Waals surface area contributed by atoms with Gasteiger partial charge in [0.05, 0.1) is 15.7 Å². The third-order valence-corrected chi connectivity index (χ3v) is 1.91. The van der Waals surface area contributed by atoms with Crippen molar-refractivity contribution in [3.8, 4) is 5.75 Å². The zero-order valence-electron chi connectivity index (χ0n) is 5.71. The third kappa shape index (κ3) is 1.31. The first-order valence-electron chi connectivity index (χ1n) is 2.87. The molecule has 64 valence electrons. The van der Waals surface area contributed by atoms with Gasteiger partial charge in [-0.05, 0) is 11.2 Å². The van der Waals surface area contributed by atoms with Crippen molar-refractivity contribution < 1.29 is 5.11 Å². The lowest BCUT2D eigenvalue weighted by Gasteiger charge is -2.03. The summed E-state index contributed by atoms with van der Waals surface area (Å²) in [4.78, 5) is 10.1. The molecule has 0 unspecified atom stereocenters. The molecular weight excluding hydrogens is 203 g/mol. The predicted octanol–water partition coefficient (Wildman–Crippen LogP) is 2.68. The van der Waals surface area contributed by atoms with E-state index in [1.165, 1.54) is 6.07 Å². The highest BCUT2D eigenvalue weighted by molar-refractivity contribution is 6.38. The van der Waals surface area contributed by atoms with Crippen molar-refractivity contribution >= 4 is 34.6 Å². The van der Waals surface area contributed by atoms with Gasteiger partial charge in [0, 0.05) is 0 Å². The Labute approximate surface area is 77.9 Å². The molecule has 1 aromatic carbocycles. The number of rotatable bonds is 1. The van der Waals surface area contributed by atoms with Crippen LogP contribution >= 0.6 is 23.2 Å².